The number of nitrogens with one attached hydrogen (secondary N) is 3. The van der Waals surface area contributed by atoms with Crippen molar-refractivity contribution >= 4 is 61.5 Å². The van der Waals surface area contributed by atoms with Gasteiger partial charge in [-0.05, 0) is 42.0 Å². The zero-order chi connectivity index (χ0) is 28.6. The highest BCUT2D eigenvalue weighted by Crippen LogP contribution is 2.28. The lowest BCUT2D eigenvalue weighted by Gasteiger charge is -2.39. The Morgan fingerprint density at radius 1 is 1.18 bits per heavy atom. The van der Waals surface area contributed by atoms with E-state index in [0.29, 0.717) is 23.4 Å². The third-order valence-corrected chi connectivity index (χ3v) is 10.0. The quantitative estimate of drug-likeness (QED) is 0.290. The summed E-state index contributed by atoms with van der Waals surface area (Å²) in [6.45, 7) is 1.64. The van der Waals surface area contributed by atoms with Crippen LogP contribution < -0.4 is 16.2 Å². The van der Waals surface area contributed by atoms with Crippen molar-refractivity contribution < 1.29 is 27.9 Å². The SMILES string of the molecule is CC1Cc2nc(C(=O)N3CCN(S(=O)(=O)c4ccc5cc(Cl)ccc5c4)CC3C(=O)NNCC(=O)O)sc2CN1. The molecule has 2 unspecified atom stereocenters. The van der Waals surface area contributed by atoms with E-state index in [1.165, 1.54) is 28.4 Å². The highest BCUT2D eigenvalue weighted by atomic mass is 35.5. The number of aliphatic carboxylic acids is 1. The van der Waals surface area contributed by atoms with Crippen LogP contribution in [0.2, 0.25) is 5.02 Å². The molecule has 3 aromatic rings. The molecule has 4 N–H and O–H groups in total. The van der Waals surface area contributed by atoms with E-state index in [1.54, 1.807) is 24.3 Å². The van der Waals surface area contributed by atoms with Gasteiger partial charge >= 0.3 is 5.97 Å². The minimum absolute atomic E-state index is 0.0389. The number of hydrogen-bond acceptors (Lipinski definition) is 9. The molecule has 0 radical (unpaired) electrons. The van der Waals surface area contributed by atoms with Crippen LogP contribution >= 0.6 is 22.9 Å². The lowest BCUT2D eigenvalue weighted by molar-refractivity contribution is -0.136. The first-order valence-corrected chi connectivity index (χ1v) is 15.1. The normalized spacial score (nSPS) is 19.8. The fourth-order valence-corrected chi connectivity index (χ4v) is 7.41. The predicted molar refractivity (Wildman–Crippen MR) is 148 cm³/mol. The summed E-state index contributed by atoms with van der Waals surface area (Å²) >= 11 is 7.30. The number of halogens is 1. The van der Waals surface area contributed by atoms with Gasteiger partial charge in [0.15, 0.2) is 5.01 Å². The molecule has 40 heavy (non-hydrogen) atoms. The number of carboxylic acid groups (broad SMARTS) is 1. The van der Waals surface area contributed by atoms with Gasteiger partial charge in [0.2, 0.25) is 10.0 Å². The van der Waals surface area contributed by atoms with Crippen LogP contribution in [0.25, 0.3) is 10.8 Å². The van der Waals surface area contributed by atoms with E-state index in [4.69, 9.17) is 16.7 Å². The van der Waals surface area contributed by atoms with Crippen molar-refractivity contribution in [2.75, 3.05) is 26.2 Å². The van der Waals surface area contributed by atoms with E-state index in [2.05, 4.69) is 21.2 Å². The first-order valence-electron chi connectivity index (χ1n) is 12.5. The zero-order valence-electron chi connectivity index (χ0n) is 21.4. The third kappa shape index (κ3) is 5.82. The molecular weight excluding hydrogens is 580 g/mol. The van der Waals surface area contributed by atoms with Gasteiger partial charge < -0.3 is 15.3 Å². The highest BCUT2D eigenvalue weighted by Gasteiger charge is 2.41. The lowest BCUT2D eigenvalue weighted by atomic mass is 10.1. The number of carboxylic acids is 1. The number of rotatable bonds is 7. The van der Waals surface area contributed by atoms with Crippen LogP contribution in [0.15, 0.2) is 41.3 Å². The molecule has 2 amide bonds. The van der Waals surface area contributed by atoms with Crippen LogP contribution in [-0.2, 0) is 32.6 Å². The number of sulfonamides is 1. The molecule has 1 saturated heterocycles. The molecule has 15 heteroatoms. The van der Waals surface area contributed by atoms with Crippen molar-refractivity contribution in [3.63, 3.8) is 0 Å². The van der Waals surface area contributed by atoms with E-state index in [9.17, 15) is 22.8 Å². The Kier molecular flexibility index (Phi) is 8.08. The zero-order valence-corrected chi connectivity index (χ0v) is 23.8. The number of benzene rings is 2. The van der Waals surface area contributed by atoms with E-state index >= 15 is 0 Å². The molecule has 1 fully saturated rings. The maximum Gasteiger partial charge on any atom is 0.319 e. The number of carbonyl (C=O) groups is 3. The van der Waals surface area contributed by atoms with Crippen molar-refractivity contribution in [2.45, 2.75) is 36.9 Å². The van der Waals surface area contributed by atoms with E-state index in [0.717, 1.165) is 20.3 Å². The molecule has 0 bridgehead atoms. The van der Waals surface area contributed by atoms with Crippen molar-refractivity contribution in [3.05, 3.63) is 57.0 Å². The maximum absolute atomic E-state index is 13.6. The number of aromatic nitrogens is 1. The van der Waals surface area contributed by atoms with Crippen molar-refractivity contribution in [1.29, 1.82) is 0 Å². The Balaban J connectivity index is 1.41. The van der Waals surface area contributed by atoms with Crippen LogP contribution in [-0.4, -0.2) is 83.8 Å². The summed E-state index contributed by atoms with van der Waals surface area (Å²) < 4.78 is 28.4. The highest BCUT2D eigenvalue weighted by molar-refractivity contribution is 7.89. The van der Waals surface area contributed by atoms with Gasteiger partial charge in [0.25, 0.3) is 11.8 Å². The minimum atomic E-state index is -4.04. The molecule has 3 heterocycles. The van der Waals surface area contributed by atoms with Gasteiger partial charge in [0, 0.05) is 48.5 Å². The smallest absolute Gasteiger partial charge is 0.319 e. The molecule has 5 rings (SSSR count). The van der Waals surface area contributed by atoms with Crippen LogP contribution in [0.1, 0.15) is 27.3 Å². The van der Waals surface area contributed by atoms with Gasteiger partial charge in [-0.2, -0.15) is 4.31 Å². The molecular formula is C25H27ClN6O6S2. The maximum atomic E-state index is 13.6. The molecule has 12 nitrogen and oxygen atoms in total. The van der Waals surface area contributed by atoms with Crippen molar-refractivity contribution in [3.8, 4) is 0 Å². The van der Waals surface area contributed by atoms with Crippen molar-refractivity contribution in [2.24, 2.45) is 0 Å². The second-order valence-corrected chi connectivity index (χ2v) is 13.1. The number of hydrogen-bond donors (Lipinski definition) is 4. The molecule has 2 aromatic carbocycles. The number of fused-ring (bicyclic) bond motifs is 2. The Hall–Kier alpha value is -3.14. The summed E-state index contributed by atoms with van der Waals surface area (Å²) in [5.41, 5.74) is 5.43. The number of nitrogens with zero attached hydrogens (tertiary/aromatic N) is 3. The summed E-state index contributed by atoms with van der Waals surface area (Å²) in [6, 6.07) is 8.79. The molecule has 0 saturated carbocycles. The Morgan fingerprint density at radius 3 is 2.70 bits per heavy atom. The molecule has 2 aliphatic rings. The van der Waals surface area contributed by atoms with Gasteiger partial charge in [-0.25, -0.2) is 18.8 Å². The first-order chi connectivity index (χ1) is 19.0. The summed E-state index contributed by atoms with van der Waals surface area (Å²) in [7, 11) is -4.04. The van der Waals surface area contributed by atoms with Crippen molar-refractivity contribution in [1.82, 2.24) is 30.4 Å². The summed E-state index contributed by atoms with van der Waals surface area (Å²) in [5, 5.41) is 14.4. The van der Waals surface area contributed by atoms with Crippen LogP contribution in [0.5, 0.6) is 0 Å². The minimum Gasteiger partial charge on any atom is -0.480 e. The summed E-state index contributed by atoms with van der Waals surface area (Å²) in [6.07, 6.45) is 0.673. The molecule has 2 atom stereocenters. The molecule has 0 aliphatic carbocycles. The Labute approximate surface area is 239 Å². The Morgan fingerprint density at radius 2 is 1.93 bits per heavy atom. The first kappa shape index (κ1) is 28.4. The standard InChI is InChI=1S/C25H27ClN6O6S2/c1-14-8-19-21(11-27-14)39-24(29-19)25(36)32-7-6-31(13-20(32)23(35)30-28-12-22(33)34)40(37,38)18-5-3-15-9-17(26)4-2-16(15)10-18/h2-5,9-10,14,20,27-28H,6-8,11-13H2,1H3,(H,30,35)(H,33,34). The van der Waals surface area contributed by atoms with Gasteiger partial charge in [-0.3, -0.25) is 19.8 Å². The van der Waals surface area contributed by atoms with Crippen LogP contribution in [0.4, 0.5) is 0 Å². The third-order valence-electron chi connectivity index (χ3n) is 6.84. The van der Waals surface area contributed by atoms with Crippen LogP contribution in [0.3, 0.4) is 0 Å². The Bertz CT molecular complexity index is 1600. The summed E-state index contributed by atoms with van der Waals surface area (Å²) in [4.78, 5) is 44.5. The predicted octanol–water partition coefficient (Wildman–Crippen LogP) is 1.20. The number of piperazine rings is 1. The van der Waals surface area contributed by atoms with E-state index < -0.39 is 40.4 Å². The second-order valence-electron chi connectivity index (χ2n) is 9.64. The summed E-state index contributed by atoms with van der Waals surface area (Å²) in [5.74, 6) is -2.42. The fourth-order valence-electron chi connectivity index (χ4n) is 4.76. The largest absolute Gasteiger partial charge is 0.480 e. The molecule has 212 valence electrons. The number of carbonyl (C=O) groups excluding carboxylic acids is 2. The molecule has 0 spiro atoms. The fraction of sp³-hybridized carbons (Fsp3) is 0.360. The topological polar surface area (TPSA) is 161 Å². The molecule has 2 aliphatic heterocycles. The van der Waals surface area contributed by atoms with Gasteiger partial charge in [0.05, 0.1) is 10.6 Å². The van der Waals surface area contributed by atoms with Gasteiger partial charge in [0.1, 0.15) is 12.6 Å². The number of thiazole rings is 1. The second kappa shape index (κ2) is 11.4. The van der Waals surface area contributed by atoms with E-state index in [-0.39, 0.29) is 35.6 Å². The number of amides is 2. The van der Waals surface area contributed by atoms with E-state index in [1.807, 2.05) is 6.92 Å². The monoisotopic (exact) mass is 606 g/mol. The van der Waals surface area contributed by atoms with Gasteiger partial charge in [-0.1, -0.05) is 23.7 Å². The lowest BCUT2D eigenvalue weighted by Crippen LogP contribution is -2.62. The number of hydrazine groups is 1. The van der Waals surface area contributed by atoms with Crippen LogP contribution in [0, 0.1) is 0 Å². The average molecular weight is 607 g/mol. The average Bonchev–Trinajstić information content (AvgIpc) is 3.35. The van der Waals surface area contributed by atoms with Gasteiger partial charge in [-0.15, -0.1) is 11.3 Å². The molecule has 1 aromatic heterocycles.